The zero-order valence-corrected chi connectivity index (χ0v) is 18.5. The van der Waals surface area contributed by atoms with E-state index in [1.165, 1.54) is 11.8 Å². The van der Waals surface area contributed by atoms with E-state index in [4.69, 9.17) is 14.2 Å². The first kappa shape index (κ1) is 20.9. The van der Waals surface area contributed by atoms with E-state index in [9.17, 15) is 4.79 Å². The summed E-state index contributed by atoms with van der Waals surface area (Å²) in [5.41, 5.74) is 2.65. The molecular weight excluding hydrogens is 418 g/mol. The molecule has 2 aromatic carbocycles. The second kappa shape index (κ2) is 8.76. The number of imidazole rings is 1. The summed E-state index contributed by atoms with van der Waals surface area (Å²) < 4.78 is 18.2. The van der Waals surface area contributed by atoms with Gasteiger partial charge in [0.1, 0.15) is 0 Å². The number of para-hydroxylation sites is 2. The number of amides is 1. The minimum atomic E-state index is -0.0394. The number of carbonyl (C=O) groups excluding carboxylic acids is 1. The van der Waals surface area contributed by atoms with Crippen LogP contribution in [0.3, 0.4) is 0 Å². The summed E-state index contributed by atoms with van der Waals surface area (Å²) in [6, 6.07) is 11.5. The third kappa shape index (κ3) is 3.86. The van der Waals surface area contributed by atoms with Crippen molar-refractivity contribution in [2.24, 2.45) is 0 Å². The lowest BCUT2D eigenvalue weighted by atomic mass is 10.1. The lowest BCUT2D eigenvalue weighted by Crippen LogP contribution is -2.28. The van der Waals surface area contributed by atoms with Crippen LogP contribution in [-0.4, -0.2) is 64.5 Å². The summed E-state index contributed by atoms with van der Waals surface area (Å²) >= 11 is 1.36. The Balaban J connectivity index is 1.48. The van der Waals surface area contributed by atoms with Crippen molar-refractivity contribution in [3.05, 3.63) is 42.0 Å². The molecule has 10 heteroatoms. The van der Waals surface area contributed by atoms with Crippen molar-refractivity contribution in [2.75, 3.05) is 34.1 Å². The van der Waals surface area contributed by atoms with Gasteiger partial charge in [0.05, 0.1) is 38.1 Å². The molecule has 4 rings (SSSR count). The van der Waals surface area contributed by atoms with E-state index in [1.807, 2.05) is 34.7 Å². The van der Waals surface area contributed by atoms with Crippen LogP contribution >= 0.6 is 11.8 Å². The lowest BCUT2D eigenvalue weighted by molar-refractivity contribution is -0.127. The molecule has 0 unspecified atom stereocenters. The predicted octanol–water partition coefficient (Wildman–Crippen LogP) is 2.99. The first-order chi connectivity index (χ1) is 15.1. The average Bonchev–Trinajstić information content (AvgIpc) is 3.36. The Morgan fingerprint density at radius 1 is 1.10 bits per heavy atom. The molecule has 1 N–H and O–H groups in total. The first-order valence-corrected chi connectivity index (χ1v) is 10.5. The highest BCUT2D eigenvalue weighted by Crippen LogP contribution is 2.40. The second-order valence-corrected chi connectivity index (χ2v) is 7.74. The number of rotatable bonds is 8. The third-order valence-electron chi connectivity index (χ3n) is 4.95. The number of nitrogens with one attached hydrogen (secondary N) is 1. The summed E-state index contributed by atoms with van der Waals surface area (Å²) in [6.07, 6.45) is 0. The first-order valence-electron chi connectivity index (χ1n) is 9.53. The summed E-state index contributed by atoms with van der Waals surface area (Å²) in [6.45, 7) is 0.368. The topological polar surface area (TPSA) is 94.0 Å². The van der Waals surface area contributed by atoms with Crippen LogP contribution in [0.5, 0.6) is 17.2 Å². The number of fused-ring (bicyclic) bond motifs is 3. The molecule has 1 amide bonds. The molecule has 0 aliphatic carbocycles. The van der Waals surface area contributed by atoms with E-state index in [1.54, 1.807) is 39.3 Å². The summed E-state index contributed by atoms with van der Waals surface area (Å²) in [7, 11) is 6.45. The zero-order valence-electron chi connectivity index (χ0n) is 17.7. The molecule has 0 atom stereocenters. The molecule has 31 heavy (non-hydrogen) atoms. The molecule has 0 aliphatic heterocycles. The lowest BCUT2D eigenvalue weighted by Gasteiger charge is -2.20. The molecule has 4 aromatic rings. The number of aromatic amines is 1. The summed E-state index contributed by atoms with van der Waals surface area (Å²) in [5, 5.41) is 7.92. The highest BCUT2D eigenvalue weighted by Gasteiger charge is 2.20. The fourth-order valence-electron chi connectivity index (χ4n) is 3.41. The molecule has 0 spiro atoms. The van der Waals surface area contributed by atoms with Crippen LogP contribution in [0.25, 0.3) is 16.8 Å². The monoisotopic (exact) mass is 441 g/mol. The SMILES string of the molecule is COc1ccc(CN(C)C(=O)CSc2n[nH]c3nc4ccccc4n23)c(OC)c1OC. The van der Waals surface area contributed by atoms with Crippen molar-refractivity contribution in [2.45, 2.75) is 11.7 Å². The van der Waals surface area contributed by atoms with Gasteiger partial charge >= 0.3 is 0 Å². The largest absolute Gasteiger partial charge is 0.493 e. The van der Waals surface area contributed by atoms with Gasteiger partial charge in [-0.3, -0.25) is 9.20 Å². The summed E-state index contributed by atoms with van der Waals surface area (Å²) in [5.74, 6) is 2.47. The number of hydrogen-bond donors (Lipinski definition) is 1. The maximum Gasteiger partial charge on any atom is 0.233 e. The van der Waals surface area contributed by atoms with Gasteiger partial charge in [-0.2, -0.15) is 0 Å². The van der Waals surface area contributed by atoms with Crippen LogP contribution in [0.4, 0.5) is 0 Å². The zero-order chi connectivity index (χ0) is 22.0. The fourth-order valence-corrected chi connectivity index (χ4v) is 4.30. The van der Waals surface area contributed by atoms with Gasteiger partial charge in [-0.15, -0.1) is 5.10 Å². The van der Waals surface area contributed by atoms with Crippen LogP contribution in [0.1, 0.15) is 5.56 Å². The number of hydrogen-bond acceptors (Lipinski definition) is 7. The molecule has 9 nitrogen and oxygen atoms in total. The Morgan fingerprint density at radius 3 is 2.61 bits per heavy atom. The fraction of sp³-hybridized carbons (Fsp3) is 0.286. The molecule has 0 radical (unpaired) electrons. The van der Waals surface area contributed by atoms with Crippen LogP contribution in [-0.2, 0) is 11.3 Å². The van der Waals surface area contributed by atoms with Gasteiger partial charge in [-0.05, 0) is 24.3 Å². The van der Waals surface area contributed by atoms with Crippen molar-refractivity contribution >= 4 is 34.5 Å². The number of ether oxygens (including phenoxy) is 3. The van der Waals surface area contributed by atoms with Crippen molar-refractivity contribution in [1.82, 2.24) is 24.5 Å². The van der Waals surface area contributed by atoms with E-state index in [0.717, 1.165) is 16.6 Å². The van der Waals surface area contributed by atoms with Gasteiger partial charge in [0, 0.05) is 19.2 Å². The molecule has 162 valence electrons. The smallest absolute Gasteiger partial charge is 0.233 e. The molecule has 2 aromatic heterocycles. The molecule has 2 heterocycles. The Hall–Kier alpha value is -3.40. The van der Waals surface area contributed by atoms with Gasteiger partial charge in [-0.25, -0.2) is 10.1 Å². The summed E-state index contributed by atoms with van der Waals surface area (Å²) in [4.78, 5) is 19.0. The number of H-pyrrole nitrogens is 1. The Morgan fingerprint density at radius 2 is 1.87 bits per heavy atom. The number of thioether (sulfide) groups is 1. The molecule has 0 saturated heterocycles. The highest BCUT2D eigenvalue weighted by molar-refractivity contribution is 7.99. The van der Waals surface area contributed by atoms with E-state index < -0.39 is 0 Å². The minimum Gasteiger partial charge on any atom is -0.493 e. The number of methoxy groups -OCH3 is 3. The second-order valence-electron chi connectivity index (χ2n) is 6.80. The Bertz CT molecular complexity index is 1240. The Kier molecular flexibility index (Phi) is 5.90. The number of benzene rings is 2. The highest BCUT2D eigenvalue weighted by atomic mass is 32.2. The Labute approximate surface area is 183 Å². The van der Waals surface area contributed by atoms with E-state index in [2.05, 4.69) is 15.2 Å². The van der Waals surface area contributed by atoms with E-state index in [-0.39, 0.29) is 11.7 Å². The van der Waals surface area contributed by atoms with Crippen LogP contribution < -0.4 is 14.2 Å². The molecule has 0 saturated carbocycles. The maximum atomic E-state index is 12.8. The standard InChI is InChI=1S/C21H23N5O4S/c1-25(11-13-9-10-16(28-2)19(30-4)18(13)29-3)17(27)12-31-21-24-23-20-22-14-7-5-6-8-15(14)26(20)21/h5-10H,11-12H2,1-4H3,(H,22,23). The van der Waals surface area contributed by atoms with Crippen molar-refractivity contribution < 1.29 is 19.0 Å². The van der Waals surface area contributed by atoms with Gasteiger partial charge in [0.25, 0.3) is 0 Å². The van der Waals surface area contributed by atoms with Gasteiger partial charge in [0.2, 0.25) is 17.4 Å². The molecular formula is C21H23N5O4S. The number of nitrogens with zero attached hydrogens (tertiary/aromatic N) is 4. The minimum absolute atomic E-state index is 0.0394. The van der Waals surface area contributed by atoms with Gasteiger partial charge < -0.3 is 19.1 Å². The maximum absolute atomic E-state index is 12.8. The number of carbonyl (C=O) groups is 1. The molecule has 0 bridgehead atoms. The van der Waals surface area contributed by atoms with E-state index >= 15 is 0 Å². The quantitative estimate of drug-likeness (QED) is 0.420. The normalized spacial score (nSPS) is 11.1. The third-order valence-corrected chi connectivity index (χ3v) is 5.87. The van der Waals surface area contributed by atoms with Crippen LogP contribution in [0.15, 0.2) is 41.6 Å². The van der Waals surface area contributed by atoms with Crippen LogP contribution in [0.2, 0.25) is 0 Å². The van der Waals surface area contributed by atoms with E-state index in [0.29, 0.717) is 34.7 Å². The van der Waals surface area contributed by atoms with Crippen molar-refractivity contribution in [1.29, 1.82) is 0 Å². The predicted molar refractivity (Wildman–Crippen MR) is 118 cm³/mol. The molecule has 0 fully saturated rings. The number of aromatic nitrogens is 4. The van der Waals surface area contributed by atoms with Crippen molar-refractivity contribution in [3.63, 3.8) is 0 Å². The van der Waals surface area contributed by atoms with Gasteiger partial charge in [-0.1, -0.05) is 23.9 Å². The van der Waals surface area contributed by atoms with Gasteiger partial charge in [0.15, 0.2) is 16.7 Å². The van der Waals surface area contributed by atoms with Crippen LogP contribution in [0, 0.1) is 0 Å². The molecule has 0 aliphatic rings. The average molecular weight is 442 g/mol. The van der Waals surface area contributed by atoms with Crippen molar-refractivity contribution in [3.8, 4) is 17.2 Å².